The lowest BCUT2D eigenvalue weighted by molar-refractivity contribution is -0.145. The van der Waals surface area contributed by atoms with Gasteiger partial charge in [0, 0.05) is 12.6 Å². The Bertz CT molecular complexity index is 1340. The molecule has 1 radical (unpaired) electrons. The van der Waals surface area contributed by atoms with Gasteiger partial charge < -0.3 is 20.7 Å². The molecule has 1 aliphatic carbocycles. The van der Waals surface area contributed by atoms with Gasteiger partial charge in [-0.2, -0.15) is 9.78 Å². The van der Waals surface area contributed by atoms with Crippen molar-refractivity contribution in [3.8, 4) is 11.5 Å². The van der Waals surface area contributed by atoms with E-state index in [9.17, 15) is 19.5 Å². The number of benzene rings is 1. The second-order valence-corrected chi connectivity index (χ2v) is 9.67. The molecular weight excluding hydrogens is 436 g/mol. The number of carboxylic acids is 1. The van der Waals surface area contributed by atoms with Crippen LogP contribution in [0.15, 0.2) is 12.1 Å². The number of hydrogen-bond acceptors (Lipinski definition) is 5. The number of aromatic amines is 1. The highest BCUT2D eigenvalue weighted by molar-refractivity contribution is 6.09. The number of aromatic nitrogens is 4. The molecule has 10 heteroatoms. The van der Waals surface area contributed by atoms with Gasteiger partial charge in [-0.3, -0.25) is 9.59 Å². The highest BCUT2D eigenvalue weighted by Crippen LogP contribution is 2.44. The van der Waals surface area contributed by atoms with Crippen molar-refractivity contribution in [3.05, 3.63) is 29.5 Å². The number of carbonyl (C=O) groups is 3. The molecular formula is C24H27N6O4. The Morgan fingerprint density at radius 2 is 1.94 bits per heavy atom. The molecule has 0 saturated heterocycles. The first kappa shape index (κ1) is 22.1. The van der Waals surface area contributed by atoms with Gasteiger partial charge in [0.1, 0.15) is 11.1 Å². The van der Waals surface area contributed by atoms with E-state index in [1.54, 1.807) is 4.90 Å². The van der Waals surface area contributed by atoms with E-state index >= 15 is 0 Å². The number of amides is 2. The minimum atomic E-state index is -1.27. The Morgan fingerprint density at radius 3 is 2.56 bits per heavy atom. The Hall–Kier alpha value is -3.69. The minimum absolute atomic E-state index is 0.0440. The summed E-state index contributed by atoms with van der Waals surface area (Å²) in [4.78, 5) is 46.9. The molecule has 2 aromatic heterocycles. The number of carboxylic acid groups (broad SMARTS) is 1. The summed E-state index contributed by atoms with van der Waals surface area (Å²) >= 11 is 0. The SMILES string of the molecule is CCN1C(=O)C(C)(C)c2cc3[nH]c(-c4[c]c(C5(C(=O)O)CCCCC5)n(C(N)=O)n4)nc3cc21. The van der Waals surface area contributed by atoms with Gasteiger partial charge in [-0.1, -0.05) is 19.3 Å². The smallest absolute Gasteiger partial charge is 0.339 e. The fraction of sp³-hybridized carbons (Fsp3) is 0.458. The first-order valence-electron chi connectivity index (χ1n) is 11.5. The molecule has 1 saturated carbocycles. The van der Waals surface area contributed by atoms with Crippen molar-refractivity contribution in [3.63, 3.8) is 0 Å². The maximum Gasteiger partial charge on any atom is 0.339 e. The van der Waals surface area contributed by atoms with Crippen LogP contribution in [0.1, 0.15) is 64.1 Å². The fourth-order valence-corrected chi connectivity index (χ4v) is 5.39. The van der Waals surface area contributed by atoms with E-state index in [0.717, 1.165) is 35.2 Å². The number of fused-ring (bicyclic) bond motifs is 2. The molecule has 2 amide bonds. The van der Waals surface area contributed by atoms with E-state index in [1.807, 2.05) is 32.9 Å². The normalized spacial score (nSPS) is 18.9. The average Bonchev–Trinajstić information content (AvgIpc) is 3.47. The first-order chi connectivity index (χ1) is 16.1. The van der Waals surface area contributed by atoms with Crippen molar-refractivity contribution in [2.24, 2.45) is 5.73 Å². The second kappa shape index (κ2) is 7.41. The quantitative estimate of drug-likeness (QED) is 0.542. The van der Waals surface area contributed by atoms with Crippen LogP contribution in [0.2, 0.25) is 0 Å². The molecule has 34 heavy (non-hydrogen) atoms. The lowest BCUT2D eigenvalue weighted by Crippen LogP contribution is -2.41. The van der Waals surface area contributed by atoms with E-state index < -0.39 is 22.8 Å². The van der Waals surface area contributed by atoms with Crippen molar-refractivity contribution < 1.29 is 19.5 Å². The Kier molecular flexibility index (Phi) is 4.82. The molecule has 3 aromatic rings. The zero-order chi connectivity index (χ0) is 24.4. The van der Waals surface area contributed by atoms with Crippen molar-refractivity contribution in [1.29, 1.82) is 0 Å². The van der Waals surface area contributed by atoms with Gasteiger partial charge in [-0.25, -0.2) is 9.78 Å². The van der Waals surface area contributed by atoms with Crippen LogP contribution in [0.3, 0.4) is 0 Å². The molecule has 4 N–H and O–H groups in total. The van der Waals surface area contributed by atoms with Crippen LogP contribution >= 0.6 is 0 Å². The number of primary amides is 1. The zero-order valence-electron chi connectivity index (χ0n) is 19.4. The number of nitrogens with one attached hydrogen (secondary N) is 1. The number of nitrogens with zero attached hydrogens (tertiary/aromatic N) is 4. The molecule has 0 atom stereocenters. The molecule has 0 spiro atoms. The molecule has 10 nitrogen and oxygen atoms in total. The third kappa shape index (κ3) is 2.97. The Balaban J connectivity index is 1.64. The maximum atomic E-state index is 12.8. The van der Waals surface area contributed by atoms with E-state index in [0.29, 0.717) is 36.2 Å². The van der Waals surface area contributed by atoms with E-state index in [4.69, 9.17) is 5.73 Å². The average molecular weight is 464 g/mol. The third-order valence-corrected chi connectivity index (χ3v) is 7.31. The predicted octanol–water partition coefficient (Wildman–Crippen LogP) is 3.08. The number of imidazole rings is 1. The molecule has 0 unspecified atom stereocenters. The monoisotopic (exact) mass is 463 g/mol. The molecule has 1 aliphatic heterocycles. The van der Waals surface area contributed by atoms with Gasteiger partial charge in [0.25, 0.3) is 0 Å². The minimum Gasteiger partial charge on any atom is -0.481 e. The first-order valence-corrected chi connectivity index (χ1v) is 11.5. The molecule has 5 rings (SSSR count). The summed E-state index contributed by atoms with van der Waals surface area (Å²) < 4.78 is 0.947. The lowest BCUT2D eigenvalue weighted by Gasteiger charge is -2.32. The predicted molar refractivity (Wildman–Crippen MR) is 125 cm³/mol. The molecule has 3 heterocycles. The van der Waals surface area contributed by atoms with Gasteiger partial charge in [0.15, 0.2) is 5.82 Å². The standard InChI is InChI=1S/C24H27N6O4/c1-4-29-17-11-15-14(10-13(17)23(2,3)20(29)31)26-19(27-15)16-12-18(30(28-16)22(25)34)24(21(32)33)8-6-5-7-9-24/h10-11H,4-9H2,1-3H3,(H2,25,34)(H,26,27)(H,32,33). The van der Waals surface area contributed by atoms with Crippen molar-refractivity contribution >= 4 is 34.6 Å². The van der Waals surface area contributed by atoms with E-state index in [1.165, 1.54) is 0 Å². The van der Waals surface area contributed by atoms with Crippen LogP contribution in [-0.4, -0.2) is 49.3 Å². The maximum absolute atomic E-state index is 12.8. The van der Waals surface area contributed by atoms with E-state index in [2.05, 4.69) is 21.1 Å². The highest BCUT2D eigenvalue weighted by Gasteiger charge is 2.46. The second-order valence-electron chi connectivity index (χ2n) is 9.67. The van der Waals surface area contributed by atoms with Crippen LogP contribution in [0.5, 0.6) is 0 Å². The molecule has 1 fully saturated rings. The number of aliphatic carboxylic acids is 1. The van der Waals surface area contributed by atoms with Gasteiger partial charge in [-0.15, -0.1) is 0 Å². The summed E-state index contributed by atoms with van der Waals surface area (Å²) in [5.41, 5.74) is 7.09. The van der Waals surface area contributed by atoms with Crippen molar-refractivity contribution in [1.82, 2.24) is 19.7 Å². The number of anilines is 1. The van der Waals surface area contributed by atoms with Crippen molar-refractivity contribution in [2.45, 2.75) is 63.7 Å². The van der Waals surface area contributed by atoms with Crippen LogP contribution in [0, 0.1) is 6.07 Å². The number of rotatable bonds is 4. The fourth-order valence-electron chi connectivity index (χ4n) is 5.39. The summed E-state index contributed by atoms with van der Waals surface area (Å²) in [5.74, 6) is -0.615. The molecule has 177 valence electrons. The van der Waals surface area contributed by atoms with Crippen LogP contribution in [0.4, 0.5) is 10.5 Å². The summed E-state index contributed by atoms with van der Waals surface area (Å²) in [6, 6.07) is 5.97. The zero-order valence-corrected chi connectivity index (χ0v) is 19.4. The van der Waals surface area contributed by atoms with Gasteiger partial charge in [0.2, 0.25) is 5.91 Å². The number of likely N-dealkylation sites (N-methyl/N-ethyl adjacent to an activating group) is 1. The third-order valence-electron chi connectivity index (χ3n) is 7.31. The van der Waals surface area contributed by atoms with Gasteiger partial charge in [-0.05, 0) is 51.3 Å². The summed E-state index contributed by atoms with van der Waals surface area (Å²) in [6.07, 6.45) is 3.19. The molecule has 1 aromatic carbocycles. The Morgan fingerprint density at radius 1 is 1.24 bits per heavy atom. The van der Waals surface area contributed by atoms with Crippen molar-refractivity contribution in [2.75, 3.05) is 11.4 Å². The summed E-state index contributed by atoms with van der Waals surface area (Å²) in [6.45, 7) is 6.28. The number of carbonyl (C=O) groups excluding carboxylic acids is 2. The largest absolute Gasteiger partial charge is 0.481 e. The number of hydrogen-bond donors (Lipinski definition) is 3. The molecule has 0 bridgehead atoms. The van der Waals surface area contributed by atoms with Crippen LogP contribution < -0.4 is 10.6 Å². The highest BCUT2D eigenvalue weighted by atomic mass is 16.4. The summed E-state index contributed by atoms with van der Waals surface area (Å²) in [7, 11) is 0. The van der Waals surface area contributed by atoms with Gasteiger partial charge >= 0.3 is 12.0 Å². The Labute approximate surface area is 196 Å². The summed E-state index contributed by atoms with van der Waals surface area (Å²) in [5, 5.41) is 14.4. The lowest BCUT2D eigenvalue weighted by atomic mass is 9.71. The van der Waals surface area contributed by atoms with E-state index in [-0.39, 0.29) is 17.3 Å². The topological polar surface area (TPSA) is 147 Å². The molecule has 2 aliphatic rings. The number of H-pyrrole nitrogens is 1. The number of nitrogens with two attached hydrogens (primary N) is 1. The van der Waals surface area contributed by atoms with Crippen LogP contribution in [-0.2, 0) is 20.4 Å². The van der Waals surface area contributed by atoms with Gasteiger partial charge in [0.05, 0.1) is 27.8 Å². The van der Waals surface area contributed by atoms with Crippen LogP contribution in [0.25, 0.3) is 22.6 Å².